The summed E-state index contributed by atoms with van der Waals surface area (Å²) in [6, 6.07) is 2.84. The molecule has 17 heavy (non-hydrogen) atoms. The van der Waals surface area contributed by atoms with Gasteiger partial charge in [-0.1, -0.05) is 13.8 Å². The molecule has 0 aliphatic heterocycles. The molecule has 0 saturated heterocycles. The van der Waals surface area contributed by atoms with E-state index in [2.05, 4.69) is 25.2 Å². The third kappa shape index (κ3) is 1.94. The van der Waals surface area contributed by atoms with Crippen molar-refractivity contribution in [3.63, 3.8) is 0 Å². The van der Waals surface area contributed by atoms with Gasteiger partial charge in [0.05, 0.1) is 6.10 Å². The van der Waals surface area contributed by atoms with Crippen LogP contribution >= 0.6 is 11.3 Å². The average Bonchev–Trinajstić information content (AvgIpc) is 2.83. The Morgan fingerprint density at radius 2 is 2.29 bits per heavy atom. The first kappa shape index (κ1) is 11.7. The fraction of sp³-hybridized carbons (Fsp3) is 0.714. The van der Waals surface area contributed by atoms with Crippen LogP contribution in [0.3, 0.4) is 0 Å². The number of aliphatic hydroxyl groups is 1. The van der Waals surface area contributed by atoms with Crippen molar-refractivity contribution < 1.29 is 5.11 Å². The van der Waals surface area contributed by atoms with Crippen molar-refractivity contribution in [2.75, 3.05) is 0 Å². The minimum absolute atomic E-state index is 0.0417. The number of hydrogen-bond acceptors (Lipinski definition) is 3. The summed E-state index contributed by atoms with van der Waals surface area (Å²) in [4.78, 5) is 3.07. The third-order valence-electron chi connectivity index (χ3n) is 4.54. The zero-order valence-electron chi connectivity index (χ0n) is 10.6. The predicted molar refractivity (Wildman–Crippen MR) is 71.4 cm³/mol. The highest BCUT2D eigenvalue weighted by Crippen LogP contribution is 2.40. The number of thiophene rings is 1. The van der Waals surface area contributed by atoms with Crippen LogP contribution in [-0.4, -0.2) is 17.3 Å². The summed E-state index contributed by atoms with van der Waals surface area (Å²) >= 11 is 1.97. The summed E-state index contributed by atoms with van der Waals surface area (Å²) in [6.07, 6.45) is 4.68. The van der Waals surface area contributed by atoms with Gasteiger partial charge in [0.2, 0.25) is 0 Å². The van der Waals surface area contributed by atoms with Crippen LogP contribution in [0, 0.1) is 5.41 Å². The van der Waals surface area contributed by atoms with Gasteiger partial charge in [-0.15, -0.1) is 11.3 Å². The van der Waals surface area contributed by atoms with E-state index in [4.69, 9.17) is 0 Å². The lowest BCUT2D eigenvalue weighted by Crippen LogP contribution is -2.59. The van der Waals surface area contributed by atoms with Crippen LogP contribution in [0.5, 0.6) is 0 Å². The van der Waals surface area contributed by atoms with Gasteiger partial charge in [-0.05, 0) is 37.3 Å². The van der Waals surface area contributed by atoms with Gasteiger partial charge < -0.3 is 10.4 Å². The summed E-state index contributed by atoms with van der Waals surface area (Å²) in [6.45, 7) is 5.26. The highest BCUT2D eigenvalue weighted by molar-refractivity contribution is 7.12. The third-order valence-corrected chi connectivity index (χ3v) is 5.77. The molecule has 2 N–H and O–H groups in total. The Kier molecular flexibility index (Phi) is 2.80. The second-order valence-electron chi connectivity index (χ2n) is 6.02. The smallest absolute Gasteiger partial charge is 0.0621 e. The molecule has 0 spiro atoms. The Labute approximate surface area is 107 Å². The highest BCUT2D eigenvalue weighted by atomic mass is 32.1. The predicted octanol–water partition coefficient (Wildman–Crippen LogP) is 2.49. The summed E-state index contributed by atoms with van der Waals surface area (Å²) in [5.74, 6) is 0. The van der Waals surface area contributed by atoms with Crippen molar-refractivity contribution in [1.29, 1.82) is 0 Å². The van der Waals surface area contributed by atoms with E-state index in [0.29, 0.717) is 6.04 Å². The molecule has 1 aromatic heterocycles. The molecule has 94 valence electrons. The van der Waals surface area contributed by atoms with Crippen molar-refractivity contribution in [2.45, 2.75) is 58.2 Å². The minimum Gasteiger partial charge on any atom is -0.392 e. The molecule has 0 amide bonds. The molecular formula is C14H21NOS. The molecule has 1 fully saturated rings. The summed E-state index contributed by atoms with van der Waals surface area (Å²) in [7, 11) is 0. The van der Waals surface area contributed by atoms with Crippen LogP contribution in [0.1, 0.15) is 42.0 Å². The van der Waals surface area contributed by atoms with Gasteiger partial charge in [-0.2, -0.15) is 0 Å². The first-order valence-corrected chi connectivity index (χ1v) is 7.41. The van der Waals surface area contributed by atoms with Gasteiger partial charge in [0.1, 0.15) is 0 Å². The van der Waals surface area contributed by atoms with E-state index in [1.54, 1.807) is 10.4 Å². The van der Waals surface area contributed by atoms with Gasteiger partial charge in [0.25, 0.3) is 0 Å². The highest BCUT2D eigenvalue weighted by Gasteiger charge is 2.46. The SMILES string of the molecule is CC1(C)C(O)CC1NCc1cc2c(s1)CCC2. The molecule has 0 aromatic carbocycles. The van der Waals surface area contributed by atoms with Crippen LogP contribution in [0.15, 0.2) is 6.07 Å². The van der Waals surface area contributed by atoms with Crippen LogP contribution < -0.4 is 5.32 Å². The summed E-state index contributed by atoms with van der Waals surface area (Å²) in [5.41, 5.74) is 1.62. The van der Waals surface area contributed by atoms with Crippen LogP contribution in [0.2, 0.25) is 0 Å². The number of aryl methyl sites for hydroxylation is 2. The maximum Gasteiger partial charge on any atom is 0.0621 e. The van der Waals surface area contributed by atoms with Crippen LogP contribution in [0.25, 0.3) is 0 Å². The lowest BCUT2D eigenvalue weighted by Gasteiger charge is -2.49. The zero-order valence-corrected chi connectivity index (χ0v) is 11.4. The molecule has 2 aliphatic carbocycles. The lowest BCUT2D eigenvalue weighted by atomic mass is 9.64. The Balaban J connectivity index is 1.58. The van der Waals surface area contributed by atoms with Gasteiger partial charge in [-0.3, -0.25) is 0 Å². The molecule has 1 aromatic rings. The quantitative estimate of drug-likeness (QED) is 0.865. The van der Waals surface area contributed by atoms with E-state index < -0.39 is 0 Å². The molecule has 1 saturated carbocycles. The van der Waals surface area contributed by atoms with E-state index in [-0.39, 0.29) is 11.5 Å². The van der Waals surface area contributed by atoms with Crippen molar-refractivity contribution in [1.82, 2.24) is 5.32 Å². The van der Waals surface area contributed by atoms with Gasteiger partial charge in [0, 0.05) is 27.8 Å². The second kappa shape index (κ2) is 4.08. The molecule has 0 bridgehead atoms. The maximum atomic E-state index is 9.70. The van der Waals surface area contributed by atoms with Gasteiger partial charge in [-0.25, -0.2) is 0 Å². The lowest BCUT2D eigenvalue weighted by molar-refractivity contribution is -0.0729. The molecule has 3 rings (SSSR count). The summed E-state index contributed by atoms with van der Waals surface area (Å²) in [5, 5.41) is 13.3. The molecule has 2 aliphatic rings. The van der Waals surface area contributed by atoms with Crippen LogP contribution in [-0.2, 0) is 19.4 Å². The van der Waals surface area contributed by atoms with E-state index >= 15 is 0 Å². The number of aliphatic hydroxyl groups excluding tert-OH is 1. The topological polar surface area (TPSA) is 32.3 Å². The monoisotopic (exact) mass is 251 g/mol. The van der Waals surface area contributed by atoms with E-state index in [1.165, 1.54) is 24.1 Å². The number of hydrogen-bond donors (Lipinski definition) is 2. The Morgan fingerprint density at radius 3 is 2.94 bits per heavy atom. The number of rotatable bonds is 3. The number of fused-ring (bicyclic) bond motifs is 1. The molecule has 2 nitrogen and oxygen atoms in total. The normalized spacial score (nSPS) is 30.1. The Bertz CT molecular complexity index is 402. The maximum absolute atomic E-state index is 9.70. The van der Waals surface area contributed by atoms with Crippen molar-refractivity contribution in [3.8, 4) is 0 Å². The standard InChI is InChI=1S/C14H21NOS/c1-14(2)12(7-13(14)16)15-8-10-6-9-4-3-5-11(9)17-10/h6,12-13,15-16H,3-5,7-8H2,1-2H3. The molecule has 3 heteroatoms. The second-order valence-corrected chi connectivity index (χ2v) is 7.24. The average molecular weight is 251 g/mol. The zero-order chi connectivity index (χ0) is 12.0. The van der Waals surface area contributed by atoms with Gasteiger partial charge >= 0.3 is 0 Å². The molecule has 2 atom stereocenters. The molecule has 2 unspecified atom stereocenters. The van der Waals surface area contributed by atoms with Crippen molar-refractivity contribution >= 4 is 11.3 Å². The van der Waals surface area contributed by atoms with E-state index in [0.717, 1.165) is 13.0 Å². The first-order valence-electron chi connectivity index (χ1n) is 6.59. The van der Waals surface area contributed by atoms with E-state index in [1.807, 2.05) is 11.3 Å². The fourth-order valence-corrected chi connectivity index (χ4v) is 4.16. The van der Waals surface area contributed by atoms with Crippen LogP contribution in [0.4, 0.5) is 0 Å². The fourth-order valence-electron chi connectivity index (χ4n) is 2.95. The summed E-state index contributed by atoms with van der Waals surface area (Å²) < 4.78 is 0. The molecular weight excluding hydrogens is 230 g/mol. The Hall–Kier alpha value is -0.380. The minimum atomic E-state index is -0.131. The largest absolute Gasteiger partial charge is 0.392 e. The Morgan fingerprint density at radius 1 is 1.47 bits per heavy atom. The van der Waals surface area contributed by atoms with E-state index in [9.17, 15) is 5.11 Å². The molecule has 0 radical (unpaired) electrons. The van der Waals surface area contributed by atoms with Gasteiger partial charge in [0.15, 0.2) is 0 Å². The van der Waals surface area contributed by atoms with Crippen molar-refractivity contribution in [2.24, 2.45) is 5.41 Å². The number of nitrogens with one attached hydrogen (secondary N) is 1. The molecule has 1 heterocycles. The first-order chi connectivity index (χ1) is 8.07. The van der Waals surface area contributed by atoms with Crippen molar-refractivity contribution in [3.05, 3.63) is 21.4 Å².